The number of hydrogen-bond acceptors (Lipinski definition) is 5. The molecule has 2 aromatic heterocycles. The van der Waals surface area contributed by atoms with Crippen LogP contribution in [0.4, 0.5) is 0 Å². The van der Waals surface area contributed by atoms with Crippen LogP contribution in [0, 0.1) is 0 Å². The molecule has 0 aliphatic heterocycles. The van der Waals surface area contributed by atoms with Crippen molar-refractivity contribution in [1.29, 1.82) is 0 Å². The topological polar surface area (TPSA) is 64.5 Å². The van der Waals surface area contributed by atoms with Crippen LogP contribution in [0.1, 0.15) is 18.2 Å². The minimum absolute atomic E-state index is 0.150. The van der Waals surface area contributed by atoms with E-state index in [1.54, 1.807) is 0 Å². The standard InChI is InChI=1S/C53H37N5/c1-5-15-38(16-6-1)48-35-49(55-50(54-48)40-17-7-2-8-18-40)39-31-27-36(28-32-39)44-23-13-26-47-45(24-14-25-46(44)47)37-29-33-43(34-30-37)53-57-51(41-19-9-3-10-20-41)56-52(58-53)42-21-11-4-12-22-42/h1-17,19-35,40H,18H2. The summed E-state index contributed by atoms with van der Waals surface area (Å²) in [5, 5.41) is 2.39. The van der Waals surface area contributed by atoms with Crippen molar-refractivity contribution in [1.82, 2.24) is 24.9 Å². The molecule has 1 unspecified atom stereocenters. The molecular weight excluding hydrogens is 707 g/mol. The minimum Gasteiger partial charge on any atom is -0.232 e. The Morgan fingerprint density at radius 2 is 0.759 bits per heavy atom. The molecule has 274 valence electrons. The maximum atomic E-state index is 5.10. The Balaban J connectivity index is 0.975. The lowest BCUT2D eigenvalue weighted by molar-refractivity contribution is 0.775. The van der Waals surface area contributed by atoms with Gasteiger partial charge < -0.3 is 0 Å². The fourth-order valence-corrected chi connectivity index (χ4v) is 7.68. The van der Waals surface area contributed by atoms with Gasteiger partial charge in [-0.1, -0.05) is 200 Å². The zero-order valence-electron chi connectivity index (χ0n) is 31.7. The number of allylic oxidation sites excluding steroid dienone is 4. The lowest BCUT2D eigenvalue weighted by atomic mass is 9.92. The van der Waals surface area contributed by atoms with Gasteiger partial charge in [-0.2, -0.15) is 0 Å². The van der Waals surface area contributed by atoms with Gasteiger partial charge in [0.15, 0.2) is 17.5 Å². The first-order valence-corrected chi connectivity index (χ1v) is 19.6. The number of hydrogen-bond donors (Lipinski definition) is 0. The Hall–Kier alpha value is -7.63. The zero-order chi connectivity index (χ0) is 38.7. The first-order valence-electron chi connectivity index (χ1n) is 19.6. The zero-order valence-corrected chi connectivity index (χ0v) is 31.7. The van der Waals surface area contributed by atoms with Crippen molar-refractivity contribution < 1.29 is 0 Å². The Labute approximate surface area is 337 Å². The fraction of sp³-hybridized carbons (Fsp3) is 0.0377. The highest BCUT2D eigenvalue weighted by atomic mass is 15.0. The van der Waals surface area contributed by atoms with Crippen LogP contribution in [-0.2, 0) is 0 Å². The summed E-state index contributed by atoms with van der Waals surface area (Å²) in [6.45, 7) is 0. The third-order valence-electron chi connectivity index (χ3n) is 10.7. The van der Waals surface area contributed by atoms with Crippen LogP contribution in [0.25, 0.3) is 89.7 Å². The molecule has 2 heterocycles. The first kappa shape index (κ1) is 34.8. The third-order valence-corrected chi connectivity index (χ3v) is 10.7. The predicted molar refractivity (Wildman–Crippen MR) is 237 cm³/mol. The van der Waals surface area contributed by atoms with Crippen molar-refractivity contribution in [3.8, 4) is 78.9 Å². The lowest BCUT2D eigenvalue weighted by Crippen LogP contribution is -2.05. The molecule has 0 amide bonds. The van der Waals surface area contributed by atoms with Gasteiger partial charge in [-0.15, -0.1) is 0 Å². The Morgan fingerprint density at radius 1 is 0.345 bits per heavy atom. The highest BCUT2D eigenvalue weighted by molar-refractivity contribution is 6.04. The van der Waals surface area contributed by atoms with Gasteiger partial charge in [0.25, 0.3) is 0 Å². The van der Waals surface area contributed by atoms with E-state index in [0.29, 0.717) is 17.5 Å². The summed E-state index contributed by atoms with van der Waals surface area (Å²) in [4.78, 5) is 24.9. The van der Waals surface area contributed by atoms with E-state index in [9.17, 15) is 0 Å². The van der Waals surface area contributed by atoms with E-state index < -0.39 is 0 Å². The van der Waals surface area contributed by atoms with Gasteiger partial charge in [0.05, 0.1) is 11.4 Å². The molecule has 1 aliphatic rings. The molecule has 9 aromatic rings. The number of aromatic nitrogens is 5. The van der Waals surface area contributed by atoms with E-state index in [0.717, 1.165) is 62.6 Å². The Morgan fingerprint density at radius 3 is 1.22 bits per heavy atom. The SMILES string of the molecule is C1=CCC(c2nc(-c3ccccc3)cc(-c3ccc(-c4cccc5c(-c6ccc(-c7nc(-c8ccccc8)nc(-c8ccccc8)n7)cc6)cccc45)cc3)n2)C=C1. The van der Waals surface area contributed by atoms with Gasteiger partial charge >= 0.3 is 0 Å². The summed E-state index contributed by atoms with van der Waals surface area (Å²) in [6, 6.07) is 63.1. The average Bonchev–Trinajstić information content (AvgIpc) is 3.32. The highest BCUT2D eigenvalue weighted by Gasteiger charge is 2.17. The van der Waals surface area contributed by atoms with Crippen LogP contribution < -0.4 is 0 Å². The molecule has 58 heavy (non-hydrogen) atoms. The van der Waals surface area contributed by atoms with E-state index in [1.807, 2.05) is 66.7 Å². The van der Waals surface area contributed by atoms with E-state index in [2.05, 4.69) is 140 Å². The molecular formula is C53H37N5. The maximum absolute atomic E-state index is 5.10. The Bertz CT molecular complexity index is 2880. The third kappa shape index (κ3) is 7.02. The molecule has 0 N–H and O–H groups in total. The maximum Gasteiger partial charge on any atom is 0.164 e. The van der Waals surface area contributed by atoms with Gasteiger partial charge in [-0.05, 0) is 45.5 Å². The molecule has 0 bridgehead atoms. The molecule has 0 spiro atoms. The molecule has 1 aliphatic carbocycles. The van der Waals surface area contributed by atoms with Crippen molar-refractivity contribution in [2.75, 3.05) is 0 Å². The molecule has 10 rings (SSSR count). The second kappa shape index (κ2) is 15.5. The summed E-state index contributed by atoms with van der Waals surface area (Å²) in [7, 11) is 0. The number of fused-ring (bicyclic) bond motifs is 1. The molecule has 1 atom stereocenters. The second-order valence-electron chi connectivity index (χ2n) is 14.4. The van der Waals surface area contributed by atoms with Crippen LogP contribution in [-0.4, -0.2) is 24.9 Å². The van der Waals surface area contributed by atoms with Gasteiger partial charge in [0, 0.05) is 33.7 Å². The molecule has 0 radical (unpaired) electrons. The van der Waals surface area contributed by atoms with Crippen LogP contribution >= 0.6 is 0 Å². The van der Waals surface area contributed by atoms with Crippen LogP contribution in [0.15, 0.2) is 206 Å². The van der Waals surface area contributed by atoms with Gasteiger partial charge in [0.1, 0.15) is 5.82 Å². The summed E-state index contributed by atoms with van der Waals surface area (Å²) < 4.78 is 0. The summed E-state index contributed by atoms with van der Waals surface area (Å²) in [6.07, 6.45) is 9.45. The fourth-order valence-electron chi connectivity index (χ4n) is 7.68. The van der Waals surface area contributed by atoms with Crippen molar-refractivity contribution in [2.45, 2.75) is 12.3 Å². The molecule has 5 nitrogen and oxygen atoms in total. The van der Waals surface area contributed by atoms with E-state index in [1.165, 1.54) is 21.9 Å². The monoisotopic (exact) mass is 743 g/mol. The van der Waals surface area contributed by atoms with E-state index in [-0.39, 0.29) is 5.92 Å². The summed E-state index contributed by atoms with van der Waals surface area (Å²) >= 11 is 0. The van der Waals surface area contributed by atoms with Crippen LogP contribution in [0.2, 0.25) is 0 Å². The smallest absolute Gasteiger partial charge is 0.164 e. The normalized spacial score (nSPS) is 13.5. The Kier molecular flexibility index (Phi) is 9.30. The molecule has 0 saturated carbocycles. The van der Waals surface area contributed by atoms with Gasteiger partial charge in [0.2, 0.25) is 0 Å². The summed E-state index contributed by atoms with van der Waals surface area (Å²) in [5.41, 5.74) is 11.5. The molecule has 7 aromatic carbocycles. The largest absolute Gasteiger partial charge is 0.232 e. The van der Waals surface area contributed by atoms with E-state index >= 15 is 0 Å². The van der Waals surface area contributed by atoms with Crippen molar-refractivity contribution in [3.63, 3.8) is 0 Å². The number of rotatable bonds is 8. The van der Waals surface area contributed by atoms with Crippen LogP contribution in [0.3, 0.4) is 0 Å². The van der Waals surface area contributed by atoms with Crippen molar-refractivity contribution in [3.05, 3.63) is 212 Å². The molecule has 5 heteroatoms. The lowest BCUT2D eigenvalue weighted by Gasteiger charge is -2.15. The minimum atomic E-state index is 0.150. The number of nitrogens with zero attached hydrogens (tertiary/aromatic N) is 5. The highest BCUT2D eigenvalue weighted by Crippen LogP contribution is 2.37. The summed E-state index contributed by atoms with van der Waals surface area (Å²) in [5.74, 6) is 2.93. The second-order valence-corrected chi connectivity index (χ2v) is 14.4. The quantitative estimate of drug-likeness (QED) is 0.155. The predicted octanol–water partition coefficient (Wildman–Crippen LogP) is 13.1. The number of benzene rings is 7. The van der Waals surface area contributed by atoms with E-state index in [4.69, 9.17) is 24.9 Å². The molecule has 0 fully saturated rings. The van der Waals surface area contributed by atoms with Crippen LogP contribution in [0.5, 0.6) is 0 Å². The van der Waals surface area contributed by atoms with Crippen molar-refractivity contribution in [2.24, 2.45) is 0 Å². The average molecular weight is 744 g/mol. The van der Waals surface area contributed by atoms with Gasteiger partial charge in [-0.3, -0.25) is 0 Å². The first-order chi connectivity index (χ1) is 28.7. The van der Waals surface area contributed by atoms with Gasteiger partial charge in [-0.25, -0.2) is 24.9 Å². The molecule has 0 saturated heterocycles. The van der Waals surface area contributed by atoms with Crippen molar-refractivity contribution >= 4 is 10.8 Å².